The number of aromatic nitrogens is 7. The second-order valence-electron chi connectivity index (χ2n) is 8.77. The van der Waals surface area contributed by atoms with Crippen LogP contribution in [0.2, 0.25) is 0 Å². The van der Waals surface area contributed by atoms with E-state index in [1.807, 2.05) is 61.5 Å². The summed E-state index contributed by atoms with van der Waals surface area (Å²) in [5, 5.41) is 3.80. The van der Waals surface area contributed by atoms with Crippen molar-refractivity contribution in [3.05, 3.63) is 95.4 Å². The molecule has 6 rings (SSSR count). The highest BCUT2D eigenvalue weighted by Crippen LogP contribution is 2.29. The number of ether oxygens (including phenoxy) is 1. The van der Waals surface area contributed by atoms with Crippen LogP contribution in [0.4, 0.5) is 11.8 Å². The Morgan fingerprint density at radius 2 is 1.67 bits per heavy atom. The summed E-state index contributed by atoms with van der Waals surface area (Å²) < 4.78 is 6.69. The lowest BCUT2D eigenvalue weighted by molar-refractivity contribution is 0.380. The molecule has 4 heterocycles. The van der Waals surface area contributed by atoms with Gasteiger partial charge in [0.05, 0.1) is 35.3 Å². The molecular weight excluding hydrogens is 494 g/mol. The van der Waals surface area contributed by atoms with Gasteiger partial charge in [-0.05, 0) is 42.8 Å². The molecule has 0 saturated heterocycles. The average Bonchev–Trinajstić information content (AvgIpc) is 2.97. The van der Waals surface area contributed by atoms with Crippen molar-refractivity contribution in [3.63, 3.8) is 0 Å². The van der Waals surface area contributed by atoms with E-state index in [4.69, 9.17) is 15.5 Å². The zero-order valence-electron chi connectivity index (χ0n) is 21.1. The fraction of sp³-hybridized carbons (Fsp3) is 0.107. The Morgan fingerprint density at radius 1 is 0.897 bits per heavy atom. The SMILES string of the molecule is COc1ncc(-c2cccc3nc([C@H](C)Nc4nc(N)nc5cccnc45)n(-c4ccccc4)c(=O)c23)cn1. The minimum absolute atomic E-state index is 0.114. The fourth-order valence-electron chi connectivity index (χ4n) is 4.52. The molecule has 0 spiro atoms. The maximum atomic E-state index is 14.3. The van der Waals surface area contributed by atoms with Crippen LogP contribution < -0.4 is 21.3 Å². The predicted octanol–water partition coefficient (Wildman–Crippen LogP) is 3.94. The van der Waals surface area contributed by atoms with Crippen molar-refractivity contribution < 1.29 is 4.74 Å². The Bertz CT molecular complexity index is 1870. The molecule has 0 bridgehead atoms. The first-order valence-corrected chi connectivity index (χ1v) is 12.2. The highest BCUT2D eigenvalue weighted by molar-refractivity contribution is 5.94. The van der Waals surface area contributed by atoms with Crippen molar-refractivity contribution in [1.29, 1.82) is 0 Å². The second-order valence-corrected chi connectivity index (χ2v) is 8.77. The van der Waals surface area contributed by atoms with E-state index in [0.717, 1.165) is 0 Å². The predicted molar refractivity (Wildman–Crippen MR) is 149 cm³/mol. The van der Waals surface area contributed by atoms with Crippen LogP contribution in [-0.2, 0) is 0 Å². The van der Waals surface area contributed by atoms with Crippen molar-refractivity contribution in [3.8, 4) is 22.8 Å². The molecule has 0 radical (unpaired) electrons. The number of methoxy groups -OCH3 is 1. The zero-order valence-corrected chi connectivity index (χ0v) is 21.1. The van der Waals surface area contributed by atoms with Crippen molar-refractivity contribution in [1.82, 2.24) is 34.5 Å². The number of nitrogens with two attached hydrogens (primary N) is 1. The molecule has 0 aliphatic rings. The molecule has 0 amide bonds. The summed E-state index contributed by atoms with van der Waals surface area (Å²) in [4.78, 5) is 40.7. The van der Waals surface area contributed by atoms with E-state index in [9.17, 15) is 4.79 Å². The Morgan fingerprint density at radius 3 is 2.44 bits per heavy atom. The first-order valence-electron chi connectivity index (χ1n) is 12.2. The molecule has 6 aromatic rings. The quantitative estimate of drug-likeness (QED) is 0.333. The van der Waals surface area contributed by atoms with Gasteiger partial charge in [-0.2, -0.15) is 4.98 Å². The molecule has 2 aromatic carbocycles. The van der Waals surface area contributed by atoms with Crippen molar-refractivity contribution in [2.75, 3.05) is 18.2 Å². The summed E-state index contributed by atoms with van der Waals surface area (Å²) in [6.07, 6.45) is 4.92. The van der Waals surface area contributed by atoms with Gasteiger partial charge in [0.1, 0.15) is 11.3 Å². The van der Waals surface area contributed by atoms with Crippen molar-refractivity contribution >= 4 is 33.7 Å². The van der Waals surface area contributed by atoms with E-state index in [0.29, 0.717) is 50.4 Å². The largest absolute Gasteiger partial charge is 0.467 e. The number of hydrogen-bond acceptors (Lipinski definition) is 10. The van der Waals surface area contributed by atoms with Gasteiger partial charge < -0.3 is 15.8 Å². The van der Waals surface area contributed by atoms with Crippen molar-refractivity contribution in [2.24, 2.45) is 0 Å². The van der Waals surface area contributed by atoms with Crippen LogP contribution in [0.1, 0.15) is 18.8 Å². The third-order valence-corrected chi connectivity index (χ3v) is 6.27. The topological polar surface area (TPSA) is 147 Å². The lowest BCUT2D eigenvalue weighted by atomic mass is 10.0. The van der Waals surface area contributed by atoms with Gasteiger partial charge in [0.15, 0.2) is 5.82 Å². The molecule has 39 heavy (non-hydrogen) atoms. The van der Waals surface area contributed by atoms with Crippen LogP contribution in [0.5, 0.6) is 6.01 Å². The number of hydrogen-bond donors (Lipinski definition) is 2. The first kappa shape index (κ1) is 23.9. The maximum absolute atomic E-state index is 14.3. The molecule has 0 saturated carbocycles. The van der Waals surface area contributed by atoms with Crippen molar-refractivity contribution in [2.45, 2.75) is 13.0 Å². The first-order chi connectivity index (χ1) is 19.0. The summed E-state index contributed by atoms with van der Waals surface area (Å²) in [5.74, 6) is 1.05. The van der Waals surface area contributed by atoms with E-state index in [1.165, 1.54) is 7.11 Å². The highest BCUT2D eigenvalue weighted by atomic mass is 16.5. The molecule has 1 atom stereocenters. The third kappa shape index (κ3) is 4.35. The summed E-state index contributed by atoms with van der Waals surface area (Å²) >= 11 is 0. The van der Waals surface area contributed by atoms with Gasteiger partial charge >= 0.3 is 6.01 Å². The van der Waals surface area contributed by atoms with E-state index < -0.39 is 6.04 Å². The van der Waals surface area contributed by atoms with Crippen LogP contribution in [0.3, 0.4) is 0 Å². The van der Waals surface area contributed by atoms with E-state index in [1.54, 1.807) is 29.2 Å². The molecule has 3 N–H and O–H groups in total. The summed E-state index contributed by atoms with van der Waals surface area (Å²) in [6.45, 7) is 1.90. The number of anilines is 2. The van der Waals surface area contributed by atoms with Crippen LogP contribution in [-0.4, -0.2) is 41.6 Å². The number of para-hydroxylation sites is 1. The van der Waals surface area contributed by atoms with Gasteiger partial charge in [-0.3, -0.25) is 14.3 Å². The number of fused-ring (bicyclic) bond motifs is 2. The van der Waals surface area contributed by atoms with Gasteiger partial charge in [-0.1, -0.05) is 30.3 Å². The minimum atomic E-state index is -0.463. The average molecular weight is 518 g/mol. The minimum Gasteiger partial charge on any atom is -0.467 e. The second kappa shape index (κ2) is 9.78. The number of nitrogens with zero attached hydrogens (tertiary/aromatic N) is 7. The molecule has 11 heteroatoms. The molecule has 0 unspecified atom stereocenters. The van der Waals surface area contributed by atoms with Crippen LogP contribution >= 0.6 is 0 Å². The number of benzene rings is 2. The van der Waals surface area contributed by atoms with Gasteiger partial charge in [0, 0.05) is 24.2 Å². The summed E-state index contributed by atoms with van der Waals surface area (Å²) in [6, 6.07) is 18.3. The molecule has 0 aliphatic heterocycles. The zero-order chi connectivity index (χ0) is 26.9. The third-order valence-electron chi connectivity index (χ3n) is 6.27. The van der Waals surface area contributed by atoms with Gasteiger partial charge in [0.25, 0.3) is 5.56 Å². The smallest absolute Gasteiger partial charge is 0.316 e. The van der Waals surface area contributed by atoms with Crippen LogP contribution in [0.15, 0.2) is 84.0 Å². The molecule has 192 valence electrons. The Hall–Kier alpha value is -5.45. The summed E-state index contributed by atoms with van der Waals surface area (Å²) in [5.41, 5.74) is 9.47. The maximum Gasteiger partial charge on any atom is 0.316 e. The molecule has 11 nitrogen and oxygen atoms in total. The fourth-order valence-corrected chi connectivity index (χ4v) is 4.52. The number of rotatable bonds is 6. The van der Waals surface area contributed by atoms with Crippen LogP contribution in [0.25, 0.3) is 38.8 Å². The number of pyridine rings is 1. The molecule has 0 aliphatic carbocycles. The van der Waals surface area contributed by atoms with E-state index in [2.05, 4.69) is 30.2 Å². The standard InChI is InChI=1S/C28H23N9O2/c1-16(33-24-23-21(12-7-13-30-23)35-27(29)36-24)25-34-20-11-6-10-19(17-14-31-28(39-2)32-15-17)22(20)26(38)37(25)18-8-4-3-5-9-18/h3-16H,1-2H3,(H3,29,33,35,36)/t16-/m0/s1. The summed E-state index contributed by atoms with van der Waals surface area (Å²) in [7, 11) is 1.50. The number of nitrogen functional groups attached to an aromatic ring is 1. The van der Waals surface area contributed by atoms with Gasteiger partial charge in [-0.25, -0.2) is 19.9 Å². The lowest BCUT2D eigenvalue weighted by Crippen LogP contribution is -2.28. The lowest BCUT2D eigenvalue weighted by Gasteiger charge is -2.21. The van der Waals surface area contributed by atoms with Gasteiger partial charge in [0.2, 0.25) is 5.95 Å². The normalized spacial score (nSPS) is 11.9. The number of nitrogens with one attached hydrogen (secondary N) is 1. The molecular formula is C28H23N9O2. The molecule has 4 aromatic heterocycles. The molecule has 0 fully saturated rings. The van der Waals surface area contributed by atoms with E-state index in [-0.39, 0.29) is 17.5 Å². The monoisotopic (exact) mass is 517 g/mol. The Kier molecular flexibility index (Phi) is 6.00. The Balaban J connectivity index is 1.55. The van der Waals surface area contributed by atoms with Crippen LogP contribution in [0, 0.1) is 0 Å². The highest BCUT2D eigenvalue weighted by Gasteiger charge is 2.22. The Labute approximate surface area is 222 Å². The van der Waals surface area contributed by atoms with E-state index >= 15 is 0 Å². The van der Waals surface area contributed by atoms with Gasteiger partial charge in [-0.15, -0.1) is 0 Å².